The number of methoxy groups -OCH3 is 2. The van der Waals surface area contributed by atoms with Crippen LogP contribution in [-0.4, -0.2) is 43.7 Å². The highest BCUT2D eigenvalue weighted by Crippen LogP contribution is 2.28. The van der Waals surface area contributed by atoms with Crippen molar-refractivity contribution >= 4 is 22.6 Å². The summed E-state index contributed by atoms with van der Waals surface area (Å²) in [5.41, 5.74) is 1.21. The van der Waals surface area contributed by atoms with Gasteiger partial charge in [-0.15, -0.1) is 0 Å². The Kier molecular flexibility index (Phi) is 11.4. The second kappa shape index (κ2) is 14.1. The average Bonchev–Trinajstić information content (AvgIpc) is 3.25. The summed E-state index contributed by atoms with van der Waals surface area (Å²) < 4.78 is 15.1. The highest BCUT2D eigenvalue weighted by molar-refractivity contribution is 7.09. The van der Waals surface area contributed by atoms with E-state index in [1.54, 1.807) is 14.2 Å². The highest BCUT2D eigenvalue weighted by atomic mass is 32.1. The Morgan fingerprint density at radius 3 is 2.37 bits per heavy atom. The predicted octanol–water partition coefficient (Wildman–Crippen LogP) is 5.79. The average molecular weight is 435 g/mol. The summed E-state index contributed by atoms with van der Waals surface area (Å²) in [4.78, 5) is 6.78. The van der Waals surface area contributed by atoms with Crippen LogP contribution in [-0.2, 0) is 6.42 Å². The molecule has 0 bridgehead atoms. The van der Waals surface area contributed by atoms with Gasteiger partial charge in [0.1, 0.15) is 0 Å². The number of nitrogens with one attached hydrogen (secondary N) is 1. The molecule has 0 spiro atoms. The molecule has 168 valence electrons. The molecule has 2 rings (SSSR count). The van der Waals surface area contributed by atoms with E-state index in [2.05, 4.69) is 39.6 Å². The molecule has 30 heavy (non-hydrogen) atoms. The summed E-state index contributed by atoms with van der Waals surface area (Å²) in [6.45, 7) is 4.07. The Balaban J connectivity index is 1.66. The first kappa shape index (κ1) is 24.3. The van der Waals surface area contributed by atoms with Crippen molar-refractivity contribution in [3.05, 3.63) is 23.8 Å². The number of hydrogen-bond acceptors (Lipinski definition) is 7. The molecule has 6 nitrogen and oxygen atoms in total. The van der Waals surface area contributed by atoms with Crippen molar-refractivity contribution in [1.29, 1.82) is 0 Å². The third-order valence-electron chi connectivity index (χ3n) is 5.24. The van der Waals surface area contributed by atoms with Gasteiger partial charge in [0.15, 0.2) is 11.5 Å². The molecule has 7 heteroatoms. The number of unbranched alkanes of at least 4 members (excludes halogenated alkanes) is 7. The van der Waals surface area contributed by atoms with Crippen LogP contribution in [0.5, 0.6) is 11.5 Å². The fourth-order valence-corrected chi connectivity index (χ4v) is 3.96. The van der Waals surface area contributed by atoms with E-state index in [9.17, 15) is 0 Å². The second-order valence-corrected chi connectivity index (χ2v) is 8.39. The summed E-state index contributed by atoms with van der Waals surface area (Å²) >= 11 is 1.44. The molecule has 0 amide bonds. The van der Waals surface area contributed by atoms with Crippen LogP contribution >= 0.6 is 11.5 Å². The minimum absolute atomic E-state index is 0.746. The molecule has 0 fully saturated rings. The molecule has 0 atom stereocenters. The Labute approximate surface area is 186 Å². The highest BCUT2D eigenvalue weighted by Gasteiger charge is 2.10. The van der Waals surface area contributed by atoms with Crippen molar-refractivity contribution < 1.29 is 9.47 Å². The molecular formula is C23H38N4O2S. The first-order chi connectivity index (χ1) is 14.7. The van der Waals surface area contributed by atoms with E-state index < -0.39 is 0 Å². The largest absolute Gasteiger partial charge is 0.493 e. The fraction of sp³-hybridized carbons (Fsp3) is 0.652. The van der Waals surface area contributed by atoms with E-state index in [0.29, 0.717) is 0 Å². The number of nitrogens with zero attached hydrogens (tertiary/aromatic N) is 3. The van der Waals surface area contributed by atoms with E-state index >= 15 is 0 Å². The van der Waals surface area contributed by atoms with E-state index in [0.717, 1.165) is 42.1 Å². The number of rotatable bonds is 16. The first-order valence-corrected chi connectivity index (χ1v) is 11.9. The minimum Gasteiger partial charge on any atom is -0.493 e. The quantitative estimate of drug-likeness (QED) is 0.338. The monoisotopic (exact) mass is 434 g/mol. The molecule has 1 aromatic carbocycles. The van der Waals surface area contributed by atoms with Gasteiger partial charge in [0.25, 0.3) is 0 Å². The van der Waals surface area contributed by atoms with Crippen molar-refractivity contribution in [3.8, 4) is 11.5 Å². The number of hydrogen-bond donors (Lipinski definition) is 1. The van der Waals surface area contributed by atoms with Gasteiger partial charge in [0.2, 0.25) is 11.1 Å². The topological polar surface area (TPSA) is 59.5 Å². The molecule has 1 aromatic heterocycles. The molecular weight excluding hydrogens is 396 g/mol. The maximum Gasteiger partial charge on any atom is 0.236 e. The predicted molar refractivity (Wildman–Crippen MR) is 128 cm³/mol. The van der Waals surface area contributed by atoms with Crippen LogP contribution in [0, 0.1) is 0 Å². The SMILES string of the molecule is CCCCCCCCCCNc1nsc(N(C)CCc2ccc(OC)c(OC)c2)n1. The van der Waals surface area contributed by atoms with Crippen LogP contribution in [0.3, 0.4) is 0 Å². The van der Waals surface area contributed by atoms with Crippen LogP contribution in [0.1, 0.15) is 63.9 Å². The smallest absolute Gasteiger partial charge is 0.236 e. The summed E-state index contributed by atoms with van der Waals surface area (Å²) in [7, 11) is 5.38. The molecule has 0 radical (unpaired) electrons. The molecule has 0 aliphatic heterocycles. The number of likely N-dealkylation sites (N-methyl/N-ethyl adjacent to an activating group) is 1. The molecule has 0 aliphatic rings. The second-order valence-electron chi connectivity index (χ2n) is 7.66. The van der Waals surface area contributed by atoms with Crippen LogP contribution in [0.15, 0.2) is 18.2 Å². The fourth-order valence-electron chi connectivity index (χ4n) is 3.33. The normalized spacial score (nSPS) is 10.8. The molecule has 0 aliphatic carbocycles. The van der Waals surface area contributed by atoms with Gasteiger partial charge in [-0.3, -0.25) is 0 Å². The van der Waals surface area contributed by atoms with Gasteiger partial charge < -0.3 is 19.7 Å². The summed E-state index contributed by atoms with van der Waals surface area (Å²) in [6.07, 6.45) is 11.5. The molecule has 0 saturated carbocycles. The van der Waals surface area contributed by atoms with Gasteiger partial charge in [0, 0.05) is 31.7 Å². The number of anilines is 2. The van der Waals surface area contributed by atoms with E-state index in [-0.39, 0.29) is 0 Å². The molecule has 1 N–H and O–H groups in total. The maximum absolute atomic E-state index is 5.39. The van der Waals surface area contributed by atoms with Gasteiger partial charge in [-0.05, 0) is 30.5 Å². The lowest BCUT2D eigenvalue weighted by Crippen LogP contribution is -2.20. The van der Waals surface area contributed by atoms with E-state index in [4.69, 9.17) is 9.47 Å². The standard InChI is InChI=1S/C23H38N4O2S/c1-5-6-7-8-9-10-11-12-16-24-22-25-23(30-26-22)27(2)17-15-19-13-14-20(28-3)21(18-19)29-4/h13-14,18H,5-12,15-17H2,1-4H3,(H,24,26). The van der Waals surface area contributed by atoms with Crippen LogP contribution in [0.2, 0.25) is 0 Å². The Morgan fingerprint density at radius 2 is 1.67 bits per heavy atom. The molecule has 0 unspecified atom stereocenters. The van der Waals surface area contributed by atoms with Crippen molar-refractivity contribution in [3.63, 3.8) is 0 Å². The lowest BCUT2D eigenvalue weighted by atomic mass is 10.1. The number of aromatic nitrogens is 2. The summed E-state index contributed by atoms with van der Waals surface area (Å²) in [5.74, 6) is 2.27. The van der Waals surface area contributed by atoms with Gasteiger partial charge >= 0.3 is 0 Å². The lowest BCUT2D eigenvalue weighted by molar-refractivity contribution is 0.354. The molecule has 2 aromatic rings. The zero-order valence-corrected chi connectivity index (χ0v) is 19.9. The van der Waals surface area contributed by atoms with Gasteiger partial charge in [0.05, 0.1) is 14.2 Å². The minimum atomic E-state index is 0.746. The van der Waals surface area contributed by atoms with Gasteiger partial charge in [-0.1, -0.05) is 57.9 Å². The van der Waals surface area contributed by atoms with E-state index in [1.807, 2.05) is 12.1 Å². The zero-order chi connectivity index (χ0) is 21.6. The first-order valence-electron chi connectivity index (χ1n) is 11.2. The molecule has 1 heterocycles. The van der Waals surface area contributed by atoms with Crippen LogP contribution in [0.4, 0.5) is 11.1 Å². The van der Waals surface area contributed by atoms with Crippen LogP contribution in [0.25, 0.3) is 0 Å². The third kappa shape index (κ3) is 8.38. The summed E-state index contributed by atoms with van der Waals surface area (Å²) in [6, 6.07) is 6.06. The Morgan fingerprint density at radius 1 is 0.967 bits per heavy atom. The van der Waals surface area contributed by atoms with Gasteiger partial charge in [-0.2, -0.15) is 9.36 Å². The molecule has 0 saturated heterocycles. The van der Waals surface area contributed by atoms with Crippen molar-refractivity contribution in [2.24, 2.45) is 0 Å². The van der Waals surface area contributed by atoms with E-state index in [1.165, 1.54) is 68.5 Å². The number of ether oxygens (including phenoxy) is 2. The lowest BCUT2D eigenvalue weighted by Gasteiger charge is -2.15. The zero-order valence-electron chi connectivity index (χ0n) is 19.1. The van der Waals surface area contributed by atoms with Crippen LogP contribution < -0.4 is 19.7 Å². The third-order valence-corrected chi connectivity index (χ3v) is 6.07. The van der Waals surface area contributed by atoms with Crippen molar-refractivity contribution in [1.82, 2.24) is 9.36 Å². The maximum atomic E-state index is 5.39. The summed E-state index contributed by atoms with van der Waals surface area (Å²) in [5, 5.41) is 4.30. The van der Waals surface area contributed by atoms with Crippen molar-refractivity contribution in [2.75, 3.05) is 44.6 Å². The van der Waals surface area contributed by atoms with Crippen molar-refractivity contribution in [2.45, 2.75) is 64.7 Å². The van der Waals surface area contributed by atoms with Gasteiger partial charge in [-0.25, -0.2) is 0 Å². The Bertz CT molecular complexity index is 723. The Hall–Kier alpha value is -2.02. The number of benzene rings is 1.